The molecule has 5 rings (SSSR count). The molecule has 4 heterocycles. The van der Waals surface area contributed by atoms with Gasteiger partial charge in [-0.2, -0.15) is 14.7 Å². The van der Waals surface area contributed by atoms with E-state index in [1.54, 1.807) is 21.5 Å². The van der Waals surface area contributed by atoms with E-state index in [9.17, 15) is 4.79 Å². The van der Waals surface area contributed by atoms with Crippen molar-refractivity contribution in [1.29, 1.82) is 0 Å². The van der Waals surface area contributed by atoms with Crippen molar-refractivity contribution in [2.24, 2.45) is 0 Å². The normalized spacial score (nSPS) is 22.1. The molecule has 3 aromatic heterocycles. The van der Waals surface area contributed by atoms with E-state index in [4.69, 9.17) is 9.84 Å². The number of fused-ring (bicyclic) bond motifs is 2. The molecule has 27 heavy (non-hydrogen) atoms. The smallest absolute Gasteiger partial charge is 0.267 e. The molecule has 140 valence electrons. The van der Waals surface area contributed by atoms with Gasteiger partial charge in [-0.15, -0.1) is 0 Å². The van der Waals surface area contributed by atoms with Crippen LogP contribution in [0.1, 0.15) is 35.8 Å². The first kappa shape index (κ1) is 16.4. The maximum Gasteiger partial charge on any atom is 0.267 e. The van der Waals surface area contributed by atoms with Crippen molar-refractivity contribution in [2.45, 2.75) is 44.7 Å². The fourth-order valence-electron chi connectivity index (χ4n) is 4.07. The van der Waals surface area contributed by atoms with Crippen LogP contribution >= 0.6 is 0 Å². The highest BCUT2D eigenvalue weighted by atomic mass is 16.5. The predicted molar refractivity (Wildman–Crippen MR) is 100 cm³/mol. The zero-order chi connectivity index (χ0) is 18.4. The molecule has 1 aliphatic heterocycles. The van der Waals surface area contributed by atoms with Gasteiger partial charge < -0.3 is 10.1 Å². The minimum absolute atomic E-state index is 0.0481. The Morgan fingerprint density at radius 1 is 1.22 bits per heavy atom. The van der Waals surface area contributed by atoms with Crippen molar-refractivity contribution >= 4 is 11.5 Å². The highest BCUT2D eigenvalue weighted by molar-refractivity contribution is 5.49. The summed E-state index contributed by atoms with van der Waals surface area (Å²) in [4.78, 5) is 17.2. The highest BCUT2D eigenvalue weighted by Crippen LogP contribution is 2.24. The minimum atomic E-state index is -0.149. The molecular weight excluding hydrogens is 344 g/mol. The predicted octanol–water partition coefficient (Wildman–Crippen LogP) is 1.53. The van der Waals surface area contributed by atoms with E-state index in [1.807, 2.05) is 19.1 Å². The largest absolute Gasteiger partial charge is 0.377 e. The van der Waals surface area contributed by atoms with E-state index >= 15 is 0 Å². The van der Waals surface area contributed by atoms with Gasteiger partial charge in [-0.1, -0.05) is 0 Å². The van der Waals surface area contributed by atoms with Crippen LogP contribution in [0.4, 0.5) is 5.82 Å². The van der Waals surface area contributed by atoms with Crippen molar-refractivity contribution in [3.05, 3.63) is 51.7 Å². The summed E-state index contributed by atoms with van der Waals surface area (Å²) in [6, 6.07) is 5.38. The van der Waals surface area contributed by atoms with Gasteiger partial charge in [0.1, 0.15) is 11.9 Å². The molecule has 0 amide bonds. The van der Waals surface area contributed by atoms with Crippen LogP contribution in [0, 0.1) is 6.92 Å². The topological polar surface area (TPSA) is 86.3 Å². The molecule has 0 spiro atoms. The maximum absolute atomic E-state index is 12.7. The summed E-state index contributed by atoms with van der Waals surface area (Å²) < 4.78 is 9.10. The van der Waals surface area contributed by atoms with Gasteiger partial charge in [0.25, 0.3) is 5.56 Å². The van der Waals surface area contributed by atoms with E-state index in [0.717, 1.165) is 54.1 Å². The Bertz CT molecular complexity index is 1060. The third kappa shape index (κ3) is 2.90. The summed E-state index contributed by atoms with van der Waals surface area (Å²) in [5.74, 6) is 0.842. The van der Waals surface area contributed by atoms with Gasteiger partial charge in [0.15, 0.2) is 5.65 Å². The third-order valence-corrected chi connectivity index (χ3v) is 5.42. The van der Waals surface area contributed by atoms with Crippen molar-refractivity contribution in [2.75, 3.05) is 18.5 Å². The lowest BCUT2D eigenvalue weighted by Crippen LogP contribution is -2.38. The van der Waals surface area contributed by atoms with Crippen LogP contribution < -0.4 is 10.9 Å². The lowest BCUT2D eigenvalue weighted by molar-refractivity contribution is 0.182. The third-order valence-electron chi connectivity index (χ3n) is 5.42. The van der Waals surface area contributed by atoms with Crippen LogP contribution in [0.5, 0.6) is 0 Å². The number of aromatic nitrogens is 5. The van der Waals surface area contributed by atoms with E-state index in [-0.39, 0.29) is 17.6 Å². The molecule has 0 bridgehead atoms. The second-order valence-electron chi connectivity index (χ2n) is 7.35. The highest BCUT2D eigenvalue weighted by Gasteiger charge is 2.32. The number of anilines is 1. The first-order valence-electron chi connectivity index (χ1n) is 9.46. The molecule has 1 N–H and O–H groups in total. The molecule has 8 heteroatoms. The molecular formula is C19H22N6O2. The van der Waals surface area contributed by atoms with Crippen LogP contribution in [0.3, 0.4) is 0 Å². The summed E-state index contributed by atoms with van der Waals surface area (Å²) >= 11 is 0. The first-order valence-corrected chi connectivity index (χ1v) is 9.46. The van der Waals surface area contributed by atoms with Gasteiger partial charge in [-0.05, 0) is 38.2 Å². The van der Waals surface area contributed by atoms with Crippen molar-refractivity contribution < 1.29 is 4.74 Å². The number of rotatable bonds is 3. The average molecular weight is 366 g/mol. The van der Waals surface area contributed by atoms with Crippen LogP contribution in [-0.4, -0.2) is 43.6 Å². The van der Waals surface area contributed by atoms with Gasteiger partial charge in [-0.3, -0.25) is 4.79 Å². The molecule has 8 nitrogen and oxygen atoms in total. The summed E-state index contributed by atoms with van der Waals surface area (Å²) in [7, 11) is 0. The second-order valence-corrected chi connectivity index (χ2v) is 7.35. The molecule has 0 radical (unpaired) electrons. The summed E-state index contributed by atoms with van der Waals surface area (Å²) in [5, 5.41) is 12.5. The molecule has 1 fully saturated rings. The lowest BCUT2D eigenvalue weighted by atomic mass is 9.97. The van der Waals surface area contributed by atoms with E-state index in [0.29, 0.717) is 13.2 Å². The molecule has 0 saturated carbocycles. The van der Waals surface area contributed by atoms with Gasteiger partial charge >= 0.3 is 0 Å². The molecule has 2 atom stereocenters. The van der Waals surface area contributed by atoms with Crippen LogP contribution in [0.2, 0.25) is 0 Å². The molecule has 3 aromatic rings. The van der Waals surface area contributed by atoms with E-state index in [2.05, 4.69) is 15.4 Å². The molecule has 2 aliphatic rings. The summed E-state index contributed by atoms with van der Waals surface area (Å²) in [6.45, 7) is 2.94. The minimum Gasteiger partial charge on any atom is -0.377 e. The second kappa shape index (κ2) is 6.45. The first-order chi connectivity index (χ1) is 13.2. The number of aryl methyl sites for hydroxylation is 3. The van der Waals surface area contributed by atoms with Gasteiger partial charge in [-0.25, -0.2) is 9.67 Å². The number of hydrogen-bond acceptors (Lipinski definition) is 6. The maximum atomic E-state index is 12.7. The Balaban J connectivity index is 1.49. The van der Waals surface area contributed by atoms with Gasteiger partial charge in [0, 0.05) is 23.9 Å². The van der Waals surface area contributed by atoms with Crippen LogP contribution in [0.25, 0.3) is 5.65 Å². The zero-order valence-electron chi connectivity index (χ0n) is 15.3. The Morgan fingerprint density at radius 2 is 2.11 bits per heavy atom. The zero-order valence-corrected chi connectivity index (χ0v) is 15.3. The summed E-state index contributed by atoms with van der Waals surface area (Å²) in [5.41, 5.74) is 3.81. The fraction of sp³-hybridized carbons (Fsp3) is 0.474. The summed E-state index contributed by atoms with van der Waals surface area (Å²) in [6.07, 6.45) is 5.89. The number of hydrogen-bond donors (Lipinski definition) is 1. The lowest BCUT2D eigenvalue weighted by Gasteiger charge is -2.23. The number of nitrogens with zero attached hydrogens (tertiary/aromatic N) is 5. The Morgan fingerprint density at radius 3 is 3.04 bits per heavy atom. The molecule has 1 aliphatic carbocycles. The van der Waals surface area contributed by atoms with Crippen LogP contribution in [-0.2, 0) is 17.6 Å². The van der Waals surface area contributed by atoms with E-state index in [1.165, 1.54) is 0 Å². The SMILES string of the molecule is Cc1cc(NC2COCC2n2nc3c(cc2=O)CCCC3)n2nccc2n1. The van der Waals surface area contributed by atoms with Crippen molar-refractivity contribution in [3.8, 4) is 0 Å². The average Bonchev–Trinajstić information content (AvgIpc) is 3.30. The van der Waals surface area contributed by atoms with Crippen LogP contribution in [0.15, 0.2) is 29.2 Å². The fourth-order valence-corrected chi connectivity index (χ4v) is 4.07. The Hall–Kier alpha value is -2.74. The van der Waals surface area contributed by atoms with E-state index < -0.39 is 0 Å². The molecule has 1 saturated heterocycles. The van der Waals surface area contributed by atoms with Gasteiger partial charge in [0.05, 0.1) is 31.1 Å². The van der Waals surface area contributed by atoms with Gasteiger partial charge in [0.2, 0.25) is 0 Å². The monoisotopic (exact) mass is 366 g/mol. The number of nitrogens with one attached hydrogen (secondary N) is 1. The number of ether oxygens (including phenoxy) is 1. The molecule has 2 unspecified atom stereocenters. The molecule has 0 aromatic carbocycles. The Labute approximate surface area is 156 Å². The van der Waals surface area contributed by atoms with Crippen molar-refractivity contribution in [3.63, 3.8) is 0 Å². The quantitative estimate of drug-likeness (QED) is 0.756. The van der Waals surface area contributed by atoms with Crippen molar-refractivity contribution in [1.82, 2.24) is 24.4 Å². The Kier molecular flexibility index (Phi) is 3.93. The standard InChI is InChI=1S/C19H22N6O2/c1-12-8-18(25-17(21-12)6-7-20-25)22-15-10-27-11-16(15)24-19(26)9-13-4-2-3-5-14(13)23-24/h6-9,15-16,22H,2-5,10-11H2,1H3.